The van der Waals surface area contributed by atoms with Crippen LogP contribution in [-0.2, 0) is 0 Å². The van der Waals surface area contributed by atoms with Crippen molar-refractivity contribution in [1.82, 2.24) is 20.2 Å². The number of hydrogen-bond acceptors (Lipinski definition) is 4. The first kappa shape index (κ1) is 12.0. The van der Waals surface area contributed by atoms with E-state index in [9.17, 15) is 0 Å². The maximum Gasteiger partial charge on any atom is 0.198 e. The van der Waals surface area contributed by atoms with E-state index in [-0.39, 0.29) is 0 Å². The summed E-state index contributed by atoms with van der Waals surface area (Å²) in [4.78, 5) is 1.41. The van der Waals surface area contributed by atoms with Crippen molar-refractivity contribution in [2.45, 2.75) is 0 Å². The van der Waals surface area contributed by atoms with Gasteiger partial charge < -0.3 is 0 Å². The quantitative estimate of drug-likeness (QED) is 0.625. The Balaban J connectivity index is 2.16. The molecule has 0 unspecified atom stereocenters. The van der Waals surface area contributed by atoms with E-state index in [1.54, 1.807) is 42.5 Å². The van der Waals surface area contributed by atoms with Crippen LogP contribution >= 0.6 is 11.6 Å². The average Bonchev–Trinajstić information content (AvgIpc) is 2.84. The molecule has 2 aromatic rings. The Morgan fingerprint density at radius 1 is 1.22 bits per heavy atom. The van der Waals surface area contributed by atoms with Gasteiger partial charge >= 0.3 is 0 Å². The lowest BCUT2D eigenvalue weighted by molar-refractivity contribution is 0.719. The van der Waals surface area contributed by atoms with Gasteiger partial charge in [0.2, 0.25) is 0 Å². The molecule has 5 nitrogen and oxygen atoms in total. The smallest absolute Gasteiger partial charge is 0.193 e. The van der Waals surface area contributed by atoms with E-state index in [1.807, 2.05) is 6.07 Å². The van der Waals surface area contributed by atoms with Crippen molar-refractivity contribution < 1.29 is 0 Å². The predicted octanol–water partition coefficient (Wildman–Crippen LogP) is 2.41. The zero-order chi connectivity index (χ0) is 12.8. The Hall–Kier alpha value is -2.45. The van der Waals surface area contributed by atoms with Gasteiger partial charge in [0.15, 0.2) is 5.82 Å². The van der Waals surface area contributed by atoms with E-state index < -0.39 is 0 Å². The van der Waals surface area contributed by atoms with Crippen molar-refractivity contribution in [2.75, 3.05) is 0 Å². The molecule has 0 saturated carbocycles. The molecular formula is C12H8ClN5. The third-order valence-electron chi connectivity index (χ3n) is 2.01. The summed E-state index contributed by atoms with van der Waals surface area (Å²) >= 11 is 5.79. The molecule has 2 rings (SSSR count). The molecule has 0 amide bonds. The molecule has 0 aliphatic carbocycles. The molecule has 88 valence electrons. The summed E-state index contributed by atoms with van der Waals surface area (Å²) < 4.78 is 0. The molecule has 1 heterocycles. The van der Waals surface area contributed by atoms with Crippen molar-refractivity contribution in [3.05, 3.63) is 53.3 Å². The Morgan fingerprint density at radius 2 is 2.00 bits per heavy atom. The minimum Gasteiger partial charge on any atom is -0.193 e. The molecule has 0 spiro atoms. The van der Waals surface area contributed by atoms with Gasteiger partial charge in [-0.2, -0.15) is 5.26 Å². The van der Waals surface area contributed by atoms with Crippen LogP contribution in [0.2, 0.25) is 5.02 Å². The molecular weight excluding hydrogens is 250 g/mol. The topological polar surface area (TPSA) is 67.4 Å². The van der Waals surface area contributed by atoms with Crippen LogP contribution < -0.4 is 0 Å². The van der Waals surface area contributed by atoms with Gasteiger partial charge in [0, 0.05) is 11.1 Å². The number of allylic oxidation sites excluding steroid dienone is 3. The molecule has 0 bridgehead atoms. The lowest BCUT2D eigenvalue weighted by Gasteiger charge is -1.96. The highest BCUT2D eigenvalue weighted by Gasteiger charge is 2.01. The number of aromatic nitrogens is 4. The lowest BCUT2D eigenvalue weighted by Crippen LogP contribution is -1.98. The number of nitriles is 1. The summed E-state index contributed by atoms with van der Waals surface area (Å²) in [5.74, 6) is 0.465. The van der Waals surface area contributed by atoms with E-state index in [0.29, 0.717) is 10.8 Å². The first-order valence-electron chi connectivity index (χ1n) is 5.08. The van der Waals surface area contributed by atoms with Crippen molar-refractivity contribution >= 4 is 17.7 Å². The minimum atomic E-state index is 0.465. The first-order valence-corrected chi connectivity index (χ1v) is 5.46. The fourth-order valence-electron chi connectivity index (χ4n) is 1.22. The van der Waals surface area contributed by atoms with Crippen molar-refractivity contribution in [1.29, 1.82) is 5.26 Å². The number of tetrazole rings is 1. The van der Waals surface area contributed by atoms with Gasteiger partial charge in [0.05, 0.1) is 11.8 Å². The Labute approximate surface area is 109 Å². The van der Waals surface area contributed by atoms with Gasteiger partial charge in [-0.15, -0.1) is 15.0 Å². The second kappa shape index (κ2) is 5.75. The molecule has 1 aromatic heterocycles. The third-order valence-corrected chi connectivity index (χ3v) is 2.27. The fraction of sp³-hybridized carbons (Fsp3) is 0. The second-order valence-electron chi connectivity index (χ2n) is 3.26. The van der Waals surface area contributed by atoms with Crippen LogP contribution in [0.25, 0.3) is 11.8 Å². The van der Waals surface area contributed by atoms with Gasteiger partial charge in [0.1, 0.15) is 0 Å². The summed E-state index contributed by atoms with van der Waals surface area (Å²) in [6.45, 7) is 0. The highest BCUT2D eigenvalue weighted by molar-refractivity contribution is 6.30. The molecule has 0 atom stereocenters. The molecule has 0 radical (unpaired) electrons. The van der Waals surface area contributed by atoms with Crippen LogP contribution in [-0.4, -0.2) is 20.2 Å². The van der Waals surface area contributed by atoms with Gasteiger partial charge in [-0.25, -0.2) is 0 Å². The molecule has 0 aliphatic rings. The molecule has 0 N–H and O–H groups in total. The number of benzene rings is 1. The van der Waals surface area contributed by atoms with E-state index in [1.165, 1.54) is 10.9 Å². The number of halogens is 1. The third kappa shape index (κ3) is 3.03. The van der Waals surface area contributed by atoms with Gasteiger partial charge in [-0.3, -0.25) is 0 Å². The largest absolute Gasteiger partial charge is 0.198 e. The monoisotopic (exact) mass is 257 g/mol. The normalized spacial score (nSPS) is 11.1. The van der Waals surface area contributed by atoms with Crippen molar-refractivity contribution in [3.63, 3.8) is 0 Å². The first-order chi connectivity index (χ1) is 8.79. The van der Waals surface area contributed by atoms with E-state index in [4.69, 9.17) is 16.9 Å². The van der Waals surface area contributed by atoms with Crippen molar-refractivity contribution in [3.8, 4) is 11.8 Å². The highest BCUT2D eigenvalue weighted by atomic mass is 35.5. The Kier molecular flexibility index (Phi) is 3.84. The molecule has 0 fully saturated rings. The maximum atomic E-state index is 8.31. The van der Waals surface area contributed by atoms with Crippen LogP contribution in [0.1, 0.15) is 5.82 Å². The molecule has 0 aliphatic heterocycles. The second-order valence-corrected chi connectivity index (χ2v) is 3.70. The van der Waals surface area contributed by atoms with Crippen LogP contribution in [0, 0.1) is 11.3 Å². The van der Waals surface area contributed by atoms with Crippen LogP contribution in [0.4, 0.5) is 0 Å². The number of rotatable bonds is 3. The Bertz CT molecular complexity index is 619. The lowest BCUT2D eigenvalue weighted by atomic mass is 10.3. The van der Waals surface area contributed by atoms with E-state index in [0.717, 1.165) is 5.69 Å². The van der Waals surface area contributed by atoms with Gasteiger partial charge in [-0.05, 0) is 35.6 Å². The Morgan fingerprint density at radius 3 is 2.72 bits per heavy atom. The van der Waals surface area contributed by atoms with Gasteiger partial charge in [-0.1, -0.05) is 23.8 Å². The van der Waals surface area contributed by atoms with E-state index in [2.05, 4.69) is 15.4 Å². The summed E-state index contributed by atoms with van der Waals surface area (Å²) in [6.07, 6.45) is 6.29. The molecule has 1 aromatic carbocycles. The SMILES string of the molecule is N#C/C=C\C=C\c1nnn(-c2ccc(Cl)cc2)n1. The van der Waals surface area contributed by atoms with Crippen LogP contribution in [0.5, 0.6) is 0 Å². The minimum absolute atomic E-state index is 0.465. The standard InChI is InChI=1S/C12H8ClN5/c13-10-5-7-11(8-6-10)18-16-12(15-17-18)4-2-1-3-9-14/h1-8H/b3-1-,4-2+. The van der Waals surface area contributed by atoms with Crippen LogP contribution in [0.15, 0.2) is 42.5 Å². The summed E-state index contributed by atoms with van der Waals surface area (Å²) in [5, 5.41) is 20.9. The van der Waals surface area contributed by atoms with E-state index >= 15 is 0 Å². The summed E-state index contributed by atoms with van der Waals surface area (Å²) in [7, 11) is 0. The highest BCUT2D eigenvalue weighted by Crippen LogP contribution is 2.11. The fourth-order valence-corrected chi connectivity index (χ4v) is 1.34. The molecule has 6 heteroatoms. The molecule has 18 heavy (non-hydrogen) atoms. The summed E-state index contributed by atoms with van der Waals surface area (Å²) in [6, 6.07) is 8.99. The molecule has 0 saturated heterocycles. The zero-order valence-electron chi connectivity index (χ0n) is 9.23. The van der Waals surface area contributed by atoms with Gasteiger partial charge in [0.25, 0.3) is 0 Å². The number of hydrogen-bond donors (Lipinski definition) is 0. The zero-order valence-corrected chi connectivity index (χ0v) is 9.99. The summed E-state index contributed by atoms with van der Waals surface area (Å²) in [5.41, 5.74) is 0.777. The predicted molar refractivity (Wildman–Crippen MR) is 68.0 cm³/mol. The average molecular weight is 258 g/mol. The van der Waals surface area contributed by atoms with Crippen LogP contribution in [0.3, 0.4) is 0 Å². The maximum absolute atomic E-state index is 8.31. The number of nitrogens with zero attached hydrogens (tertiary/aromatic N) is 5. The van der Waals surface area contributed by atoms with Crippen molar-refractivity contribution in [2.24, 2.45) is 0 Å².